The van der Waals surface area contributed by atoms with Gasteiger partial charge < -0.3 is 15.5 Å². The Morgan fingerprint density at radius 1 is 0.955 bits per heavy atom. The van der Waals surface area contributed by atoms with Gasteiger partial charge in [0.05, 0.1) is 5.28 Å². The third kappa shape index (κ3) is 3.23. The van der Waals surface area contributed by atoms with E-state index in [1.54, 1.807) is 0 Å². The molecule has 0 bridgehead atoms. The van der Waals surface area contributed by atoms with E-state index in [1.807, 2.05) is 74.5 Å². The first kappa shape index (κ1) is 17.1. The molecule has 0 spiro atoms. The average Bonchev–Trinajstić information content (AvgIpc) is 2.56. The van der Waals surface area contributed by atoms with Crippen LogP contribution in [0.1, 0.15) is 37.3 Å². The summed E-state index contributed by atoms with van der Waals surface area (Å²) in [5.41, 5.74) is 8.65. The highest BCUT2D eigenvalue weighted by atomic mass is 31.2. The normalized spacial score (nSPS) is 15.8. The van der Waals surface area contributed by atoms with Crippen molar-refractivity contribution in [3.63, 3.8) is 0 Å². The van der Waals surface area contributed by atoms with E-state index in [0.717, 1.165) is 17.5 Å². The second kappa shape index (κ2) is 7.34. The van der Waals surface area contributed by atoms with Crippen molar-refractivity contribution < 1.29 is 9.79 Å². The zero-order chi connectivity index (χ0) is 16.2. The van der Waals surface area contributed by atoms with Gasteiger partial charge in [-0.1, -0.05) is 80.9 Å². The van der Waals surface area contributed by atoms with Gasteiger partial charge in [-0.15, -0.1) is 0 Å². The molecule has 0 radical (unpaired) electrons. The maximum Gasteiger partial charge on any atom is 0.187 e. The quantitative estimate of drug-likeness (QED) is 0.710. The van der Waals surface area contributed by atoms with Crippen molar-refractivity contribution in [1.29, 1.82) is 0 Å². The molecular weight excluding hydrogens is 293 g/mol. The van der Waals surface area contributed by atoms with Crippen LogP contribution in [0, 0.1) is 5.92 Å². The zero-order valence-corrected chi connectivity index (χ0v) is 13.9. The van der Waals surface area contributed by atoms with Gasteiger partial charge in [0.1, 0.15) is 0 Å². The van der Waals surface area contributed by atoms with E-state index < -0.39 is 13.7 Å². The average molecular weight is 317 g/mol. The van der Waals surface area contributed by atoms with Crippen molar-refractivity contribution in [3.05, 3.63) is 71.8 Å². The summed E-state index contributed by atoms with van der Waals surface area (Å²) in [5.74, 6) is -0.287. The molecule has 0 aliphatic carbocycles. The molecule has 118 valence electrons. The van der Waals surface area contributed by atoms with E-state index in [1.165, 1.54) is 0 Å². The SMILES string of the molecule is CCC(C)C(N)(C(c1ccccc1)c1ccccc1)P(O)O. The number of benzene rings is 2. The molecule has 4 N–H and O–H groups in total. The summed E-state index contributed by atoms with van der Waals surface area (Å²) in [6.45, 7) is 4.01. The largest absolute Gasteiger partial charge is 0.349 e. The van der Waals surface area contributed by atoms with Crippen LogP contribution < -0.4 is 5.73 Å². The fraction of sp³-hybridized carbons (Fsp3) is 0.333. The predicted molar refractivity (Wildman–Crippen MR) is 92.5 cm³/mol. The summed E-state index contributed by atoms with van der Waals surface area (Å²) >= 11 is 0. The topological polar surface area (TPSA) is 66.5 Å². The Bertz CT molecular complexity index is 537. The maximum atomic E-state index is 10.2. The molecule has 0 aliphatic heterocycles. The fourth-order valence-electron chi connectivity index (χ4n) is 2.94. The molecule has 0 aliphatic rings. The standard InChI is InChI=1S/C18H24NO2P/c1-3-14(2)18(19,22(20)21)17(15-10-6-4-7-11-15)16-12-8-5-9-13-16/h4-14,17,20-21H,3,19H2,1-2H3. The van der Waals surface area contributed by atoms with Crippen LogP contribution in [0.15, 0.2) is 60.7 Å². The van der Waals surface area contributed by atoms with Crippen molar-refractivity contribution >= 4 is 8.38 Å². The Balaban J connectivity index is 2.62. The van der Waals surface area contributed by atoms with Crippen LogP contribution in [-0.4, -0.2) is 15.1 Å². The molecule has 2 aromatic rings. The maximum absolute atomic E-state index is 10.2. The van der Waals surface area contributed by atoms with Crippen LogP contribution in [0.2, 0.25) is 0 Å². The molecule has 3 nitrogen and oxygen atoms in total. The van der Waals surface area contributed by atoms with E-state index in [-0.39, 0.29) is 11.8 Å². The number of hydrogen-bond donors (Lipinski definition) is 3. The van der Waals surface area contributed by atoms with Crippen molar-refractivity contribution in [2.24, 2.45) is 11.7 Å². The minimum absolute atomic E-state index is 0.0287. The molecule has 4 heteroatoms. The molecule has 0 amide bonds. The molecule has 0 heterocycles. The lowest BCUT2D eigenvalue weighted by atomic mass is 9.78. The zero-order valence-electron chi connectivity index (χ0n) is 13.1. The molecule has 0 saturated carbocycles. The van der Waals surface area contributed by atoms with Crippen LogP contribution in [0.5, 0.6) is 0 Å². The molecule has 0 fully saturated rings. The Kier molecular flexibility index (Phi) is 5.71. The number of nitrogens with two attached hydrogens (primary N) is 1. The molecule has 2 rings (SSSR count). The second-order valence-electron chi connectivity index (χ2n) is 5.74. The third-order valence-electron chi connectivity index (χ3n) is 4.48. The van der Waals surface area contributed by atoms with Gasteiger partial charge in [-0.2, -0.15) is 0 Å². The van der Waals surface area contributed by atoms with Crippen LogP contribution >= 0.6 is 8.38 Å². The monoisotopic (exact) mass is 317 g/mol. The minimum Gasteiger partial charge on any atom is -0.349 e. The van der Waals surface area contributed by atoms with Gasteiger partial charge in [0.25, 0.3) is 0 Å². The summed E-state index contributed by atoms with van der Waals surface area (Å²) < 4.78 is 0. The van der Waals surface area contributed by atoms with Gasteiger partial charge in [-0.3, -0.25) is 0 Å². The minimum atomic E-state index is -2.30. The van der Waals surface area contributed by atoms with Gasteiger partial charge in [-0.25, -0.2) is 0 Å². The Morgan fingerprint density at radius 2 is 1.36 bits per heavy atom. The first-order chi connectivity index (χ1) is 10.5. The van der Waals surface area contributed by atoms with Crippen LogP contribution in [0.3, 0.4) is 0 Å². The van der Waals surface area contributed by atoms with Gasteiger partial charge >= 0.3 is 0 Å². The van der Waals surface area contributed by atoms with Crippen LogP contribution in [-0.2, 0) is 0 Å². The van der Waals surface area contributed by atoms with E-state index in [0.29, 0.717) is 0 Å². The Hall–Kier alpha value is -1.25. The van der Waals surface area contributed by atoms with Crippen molar-refractivity contribution in [2.75, 3.05) is 0 Å². The van der Waals surface area contributed by atoms with E-state index in [2.05, 4.69) is 0 Å². The van der Waals surface area contributed by atoms with Crippen molar-refractivity contribution in [1.82, 2.24) is 0 Å². The highest BCUT2D eigenvalue weighted by molar-refractivity contribution is 7.47. The molecule has 2 unspecified atom stereocenters. The van der Waals surface area contributed by atoms with Crippen LogP contribution in [0.25, 0.3) is 0 Å². The molecule has 2 aromatic carbocycles. The third-order valence-corrected chi connectivity index (χ3v) is 5.87. The smallest absolute Gasteiger partial charge is 0.187 e. The Labute approximate surface area is 133 Å². The molecular formula is C18H24NO2P. The number of hydrogen-bond acceptors (Lipinski definition) is 3. The Morgan fingerprint density at radius 3 is 1.68 bits per heavy atom. The summed E-state index contributed by atoms with van der Waals surface area (Å²) in [5, 5.41) is -1.09. The molecule has 0 aromatic heterocycles. The number of rotatable bonds is 6. The highest BCUT2D eigenvalue weighted by Crippen LogP contribution is 2.54. The predicted octanol–water partition coefficient (Wildman–Crippen LogP) is 3.82. The lowest BCUT2D eigenvalue weighted by Crippen LogP contribution is -2.49. The fourth-order valence-corrected chi connectivity index (χ4v) is 4.05. The van der Waals surface area contributed by atoms with E-state index >= 15 is 0 Å². The molecule has 2 atom stereocenters. The summed E-state index contributed by atoms with van der Waals surface area (Å²) in [6, 6.07) is 19.7. The first-order valence-electron chi connectivity index (χ1n) is 7.58. The van der Waals surface area contributed by atoms with Gasteiger partial charge in [0, 0.05) is 5.92 Å². The summed E-state index contributed by atoms with van der Waals surface area (Å²) in [6.07, 6.45) is 0.784. The van der Waals surface area contributed by atoms with Gasteiger partial charge in [-0.05, 0) is 17.0 Å². The van der Waals surface area contributed by atoms with Crippen molar-refractivity contribution in [3.8, 4) is 0 Å². The summed E-state index contributed by atoms with van der Waals surface area (Å²) in [4.78, 5) is 20.3. The van der Waals surface area contributed by atoms with E-state index in [4.69, 9.17) is 5.73 Å². The lowest BCUT2D eigenvalue weighted by Gasteiger charge is -2.43. The van der Waals surface area contributed by atoms with Gasteiger partial charge in [0.2, 0.25) is 0 Å². The van der Waals surface area contributed by atoms with Crippen LogP contribution in [0.4, 0.5) is 0 Å². The molecule has 22 heavy (non-hydrogen) atoms. The lowest BCUT2D eigenvalue weighted by molar-refractivity contribution is 0.305. The highest BCUT2D eigenvalue weighted by Gasteiger charge is 2.47. The van der Waals surface area contributed by atoms with Gasteiger partial charge in [0.15, 0.2) is 8.38 Å². The van der Waals surface area contributed by atoms with Crippen molar-refractivity contribution in [2.45, 2.75) is 31.5 Å². The molecule has 0 saturated heterocycles. The van der Waals surface area contributed by atoms with E-state index in [9.17, 15) is 9.79 Å². The summed E-state index contributed by atoms with van der Waals surface area (Å²) in [7, 11) is -2.30. The second-order valence-corrected chi connectivity index (χ2v) is 7.09. The first-order valence-corrected chi connectivity index (χ1v) is 8.83.